The zero-order chi connectivity index (χ0) is 20.1. The predicted molar refractivity (Wildman–Crippen MR) is 107 cm³/mol. The molecule has 2 aliphatic rings. The van der Waals surface area contributed by atoms with E-state index in [4.69, 9.17) is 5.73 Å². The van der Waals surface area contributed by atoms with Gasteiger partial charge in [0.25, 0.3) is 5.91 Å². The van der Waals surface area contributed by atoms with Crippen molar-refractivity contribution in [2.24, 2.45) is 23.5 Å². The second-order valence-electron chi connectivity index (χ2n) is 8.10. The van der Waals surface area contributed by atoms with Crippen LogP contribution < -0.4 is 5.73 Å². The summed E-state index contributed by atoms with van der Waals surface area (Å²) in [6.07, 6.45) is 3.69. The molecule has 2 N–H and O–H groups in total. The van der Waals surface area contributed by atoms with Gasteiger partial charge in [-0.15, -0.1) is 0 Å². The number of nitrogens with zero attached hydrogens (tertiary/aromatic N) is 2. The molecule has 2 heterocycles. The van der Waals surface area contributed by atoms with E-state index < -0.39 is 0 Å². The number of hydrogen-bond acceptors (Lipinski definition) is 3. The van der Waals surface area contributed by atoms with Crippen LogP contribution in [0.15, 0.2) is 30.3 Å². The number of likely N-dealkylation sites (tertiary alicyclic amines) is 2. The van der Waals surface area contributed by atoms with E-state index in [0.29, 0.717) is 57.3 Å². The van der Waals surface area contributed by atoms with Crippen LogP contribution in [-0.2, 0) is 9.59 Å². The van der Waals surface area contributed by atoms with Crippen LogP contribution in [0, 0.1) is 17.8 Å². The highest BCUT2D eigenvalue weighted by Crippen LogP contribution is 2.31. The van der Waals surface area contributed by atoms with Crippen molar-refractivity contribution in [2.75, 3.05) is 26.2 Å². The fourth-order valence-corrected chi connectivity index (χ4v) is 4.53. The van der Waals surface area contributed by atoms with E-state index in [1.807, 2.05) is 40.1 Å². The number of carbonyl (C=O) groups is 3. The Labute approximate surface area is 167 Å². The molecule has 0 radical (unpaired) electrons. The van der Waals surface area contributed by atoms with Gasteiger partial charge in [-0.2, -0.15) is 0 Å². The van der Waals surface area contributed by atoms with Crippen molar-refractivity contribution in [2.45, 2.75) is 39.0 Å². The summed E-state index contributed by atoms with van der Waals surface area (Å²) < 4.78 is 0. The minimum Gasteiger partial charge on any atom is -0.369 e. The second-order valence-corrected chi connectivity index (χ2v) is 8.10. The number of nitrogens with two attached hydrogens (primary N) is 1. The number of piperidine rings is 2. The van der Waals surface area contributed by atoms with Crippen LogP contribution >= 0.6 is 0 Å². The van der Waals surface area contributed by atoms with E-state index >= 15 is 0 Å². The van der Waals surface area contributed by atoms with Gasteiger partial charge in [-0.25, -0.2) is 0 Å². The Bertz CT molecular complexity index is 698. The lowest BCUT2D eigenvalue weighted by molar-refractivity contribution is -0.136. The molecule has 1 aromatic carbocycles. The minimum absolute atomic E-state index is 0.0809. The molecule has 3 rings (SSSR count). The van der Waals surface area contributed by atoms with Crippen molar-refractivity contribution in [1.82, 2.24) is 9.80 Å². The number of rotatable bonds is 5. The van der Waals surface area contributed by atoms with Crippen LogP contribution in [0.25, 0.3) is 0 Å². The summed E-state index contributed by atoms with van der Waals surface area (Å²) in [6.45, 7) is 4.79. The largest absolute Gasteiger partial charge is 0.369 e. The molecule has 2 saturated heterocycles. The number of benzene rings is 1. The Morgan fingerprint density at radius 2 is 1.61 bits per heavy atom. The maximum atomic E-state index is 12.8. The molecule has 0 aliphatic carbocycles. The number of primary amides is 1. The summed E-state index contributed by atoms with van der Waals surface area (Å²) in [5.41, 5.74) is 6.11. The average molecular weight is 386 g/mol. The third-order valence-electron chi connectivity index (χ3n) is 6.41. The lowest BCUT2D eigenvalue weighted by Gasteiger charge is -2.39. The van der Waals surface area contributed by atoms with Crippen molar-refractivity contribution in [3.05, 3.63) is 35.9 Å². The van der Waals surface area contributed by atoms with Gasteiger partial charge >= 0.3 is 0 Å². The summed E-state index contributed by atoms with van der Waals surface area (Å²) in [4.78, 5) is 40.6. The second kappa shape index (κ2) is 9.22. The van der Waals surface area contributed by atoms with Gasteiger partial charge in [0, 0.05) is 44.1 Å². The molecule has 6 heteroatoms. The van der Waals surface area contributed by atoms with Crippen LogP contribution in [0.3, 0.4) is 0 Å². The zero-order valence-corrected chi connectivity index (χ0v) is 16.7. The van der Waals surface area contributed by atoms with Crippen molar-refractivity contribution in [3.8, 4) is 0 Å². The van der Waals surface area contributed by atoms with E-state index in [1.54, 1.807) is 0 Å². The van der Waals surface area contributed by atoms with Gasteiger partial charge in [-0.1, -0.05) is 31.5 Å². The number of amides is 3. The normalized spacial score (nSPS) is 23.5. The molecule has 3 amide bonds. The number of carbonyl (C=O) groups excluding carboxylic acids is 3. The molecule has 0 aromatic heterocycles. The first-order valence-corrected chi connectivity index (χ1v) is 10.4. The lowest BCUT2D eigenvalue weighted by Crippen LogP contribution is -2.46. The molecule has 1 aromatic rings. The highest BCUT2D eigenvalue weighted by Gasteiger charge is 2.34. The average Bonchev–Trinajstić information content (AvgIpc) is 2.74. The summed E-state index contributed by atoms with van der Waals surface area (Å²) >= 11 is 0. The number of hydrogen-bond donors (Lipinski definition) is 1. The Hall–Kier alpha value is -2.37. The Morgan fingerprint density at radius 3 is 2.21 bits per heavy atom. The monoisotopic (exact) mass is 385 g/mol. The van der Waals surface area contributed by atoms with E-state index in [1.165, 1.54) is 0 Å². The summed E-state index contributed by atoms with van der Waals surface area (Å²) in [5, 5.41) is 0. The van der Waals surface area contributed by atoms with Crippen molar-refractivity contribution in [1.29, 1.82) is 0 Å². The third-order valence-corrected chi connectivity index (χ3v) is 6.41. The molecule has 2 aliphatic heterocycles. The van der Waals surface area contributed by atoms with Crippen molar-refractivity contribution in [3.63, 3.8) is 0 Å². The molecule has 0 saturated carbocycles. The molecule has 2 atom stereocenters. The summed E-state index contributed by atoms with van der Waals surface area (Å²) in [7, 11) is 0. The highest BCUT2D eigenvalue weighted by atomic mass is 16.2. The Balaban J connectivity index is 1.54. The van der Waals surface area contributed by atoms with Crippen molar-refractivity contribution < 1.29 is 14.4 Å². The van der Waals surface area contributed by atoms with Gasteiger partial charge in [0.2, 0.25) is 11.8 Å². The molecule has 0 spiro atoms. The maximum Gasteiger partial charge on any atom is 0.253 e. The zero-order valence-electron chi connectivity index (χ0n) is 16.7. The fourth-order valence-electron chi connectivity index (χ4n) is 4.53. The van der Waals surface area contributed by atoms with Gasteiger partial charge < -0.3 is 15.5 Å². The highest BCUT2D eigenvalue weighted by molar-refractivity contribution is 5.94. The van der Waals surface area contributed by atoms with Gasteiger partial charge in [0.05, 0.1) is 0 Å². The molecule has 28 heavy (non-hydrogen) atoms. The predicted octanol–water partition coefficient (Wildman–Crippen LogP) is 2.29. The lowest BCUT2D eigenvalue weighted by atomic mass is 9.81. The SMILES string of the molecule is CC[C@@H]1CN(C(=O)c2ccccc2)CC[C@H]1CC(=O)N1CCC(C(N)=O)CC1. The molecule has 0 unspecified atom stereocenters. The maximum absolute atomic E-state index is 12.8. The first-order chi connectivity index (χ1) is 13.5. The van der Waals surface area contributed by atoms with E-state index in [2.05, 4.69) is 6.92 Å². The molecular formula is C22H31N3O3. The summed E-state index contributed by atoms with van der Waals surface area (Å²) in [5.74, 6) is 0.555. The van der Waals surface area contributed by atoms with Gasteiger partial charge in [0.1, 0.15) is 0 Å². The Morgan fingerprint density at radius 1 is 0.964 bits per heavy atom. The fraction of sp³-hybridized carbons (Fsp3) is 0.591. The minimum atomic E-state index is -0.256. The van der Waals surface area contributed by atoms with Crippen LogP contribution in [0.1, 0.15) is 49.4 Å². The van der Waals surface area contributed by atoms with Crippen LogP contribution in [0.2, 0.25) is 0 Å². The van der Waals surface area contributed by atoms with E-state index in [-0.39, 0.29) is 23.6 Å². The smallest absolute Gasteiger partial charge is 0.253 e. The molecule has 152 valence electrons. The van der Waals surface area contributed by atoms with E-state index in [0.717, 1.165) is 18.4 Å². The molecule has 2 fully saturated rings. The van der Waals surface area contributed by atoms with Gasteiger partial charge in [-0.3, -0.25) is 14.4 Å². The molecule has 6 nitrogen and oxygen atoms in total. The van der Waals surface area contributed by atoms with Crippen LogP contribution in [0.5, 0.6) is 0 Å². The summed E-state index contributed by atoms with van der Waals surface area (Å²) in [6, 6.07) is 9.40. The third kappa shape index (κ3) is 4.72. The van der Waals surface area contributed by atoms with Crippen LogP contribution in [-0.4, -0.2) is 53.7 Å². The molecule has 0 bridgehead atoms. The van der Waals surface area contributed by atoms with Crippen molar-refractivity contribution >= 4 is 17.7 Å². The first-order valence-electron chi connectivity index (χ1n) is 10.4. The van der Waals surface area contributed by atoms with Gasteiger partial charge in [-0.05, 0) is 43.2 Å². The quantitative estimate of drug-likeness (QED) is 0.844. The Kier molecular flexibility index (Phi) is 6.70. The van der Waals surface area contributed by atoms with Gasteiger partial charge in [0.15, 0.2) is 0 Å². The standard InChI is InChI=1S/C22H31N3O3/c1-2-16-15-25(22(28)18-6-4-3-5-7-18)13-10-19(16)14-20(26)24-11-8-17(9-12-24)21(23)27/h3-7,16-17,19H,2,8-15H2,1H3,(H2,23,27)/t16-,19+/m1/s1. The molecular weight excluding hydrogens is 354 g/mol. The van der Waals surface area contributed by atoms with Crippen LogP contribution in [0.4, 0.5) is 0 Å². The first kappa shape index (κ1) is 20.4. The van der Waals surface area contributed by atoms with E-state index in [9.17, 15) is 14.4 Å². The topological polar surface area (TPSA) is 83.7 Å².